The number of carbonyl (C=O) groups is 2. The zero-order valence-corrected chi connectivity index (χ0v) is 25.1. The normalized spacial score (nSPS) is 17.0. The summed E-state index contributed by atoms with van der Waals surface area (Å²) in [5.41, 5.74) is 2.86. The number of aromatic nitrogens is 2. The molecule has 2 aliphatic heterocycles. The molecular weight excluding hydrogens is 574 g/mol. The highest BCUT2D eigenvalue weighted by molar-refractivity contribution is 5.80. The van der Waals surface area contributed by atoms with E-state index in [4.69, 9.17) is 18.5 Å². The number of ether oxygens (including phenoxy) is 2. The van der Waals surface area contributed by atoms with Gasteiger partial charge >= 0.3 is 11.9 Å². The molecule has 10 nitrogen and oxygen atoms in total. The Labute approximate surface area is 254 Å². The third-order valence-corrected chi connectivity index (χ3v) is 8.30. The molecule has 0 saturated carbocycles. The average molecular weight is 613 g/mol. The maximum Gasteiger partial charge on any atom is 0.302 e. The number of halogens is 2. The van der Waals surface area contributed by atoms with Crippen molar-refractivity contribution in [1.29, 1.82) is 0 Å². The number of esters is 2. The van der Waals surface area contributed by atoms with Gasteiger partial charge < -0.3 is 18.5 Å². The molecule has 44 heavy (non-hydrogen) atoms. The first-order chi connectivity index (χ1) is 21.3. The number of rotatable bonds is 8. The Bertz CT molecular complexity index is 1440. The van der Waals surface area contributed by atoms with Gasteiger partial charge in [-0.15, -0.1) is 0 Å². The van der Waals surface area contributed by atoms with Crippen molar-refractivity contribution >= 4 is 33.9 Å². The Morgan fingerprint density at radius 2 is 1.11 bits per heavy atom. The van der Waals surface area contributed by atoms with Gasteiger partial charge in [0.1, 0.15) is 24.8 Å². The number of fused-ring (bicyclic) bond motifs is 2. The van der Waals surface area contributed by atoms with Crippen LogP contribution in [0.15, 0.2) is 45.4 Å². The van der Waals surface area contributed by atoms with E-state index in [2.05, 4.69) is 20.1 Å². The number of nitrogens with zero attached hydrogens (tertiary/aromatic N) is 4. The molecule has 2 fully saturated rings. The Hall–Kier alpha value is -3.90. The third kappa shape index (κ3) is 8.17. The Morgan fingerprint density at radius 1 is 0.727 bits per heavy atom. The molecule has 0 bridgehead atoms. The van der Waals surface area contributed by atoms with Gasteiger partial charge in [-0.3, -0.25) is 19.4 Å². The quantitative estimate of drug-likeness (QED) is 0.239. The van der Waals surface area contributed by atoms with Gasteiger partial charge in [-0.25, -0.2) is 8.78 Å². The van der Waals surface area contributed by atoms with Crippen molar-refractivity contribution in [3.63, 3.8) is 0 Å². The van der Waals surface area contributed by atoms with E-state index in [-0.39, 0.29) is 23.6 Å². The van der Waals surface area contributed by atoms with Gasteiger partial charge in [-0.05, 0) is 76.1 Å². The molecular formula is C32H38F2N4O6. The molecule has 0 unspecified atom stereocenters. The maximum atomic E-state index is 13.2. The standard InChI is InChI=1S/2C16H19FN2O3/c2*1-11(20)21-9-8-19-6-4-12(5-7-19)16-14-3-2-13(17)10-15(14)22-18-16/h2*2-3,10,12H,4-9H2,1H3. The fourth-order valence-electron chi connectivity index (χ4n) is 5.95. The highest BCUT2D eigenvalue weighted by Gasteiger charge is 2.26. The molecule has 2 aliphatic rings. The van der Waals surface area contributed by atoms with Gasteiger partial charge in [0.15, 0.2) is 11.2 Å². The molecule has 2 saturated heterocycles. The first kappa shape index (κ1) is 31.5. The van der Waals surface area contributed by atoms with Crippen LogP contribution in [0.2, 0.25) is 0 Å². The van der Waals surface area contributed by atoms with Gasteiger partial charge in [0.25, 0.3) is 0 Å². The summed E-state index contributed by atoms with van der Waals surface area (Å²) >= 11 is 0. The van der Waals surface area contributed by atoms with E-state index in [1.165, 1.54) is 38.1 Å². The molecule has 0 N–H and O–H groups in total. The van der Waals surface area contributed by atoms with Crippen molar-refractivity contribution < 1.29 is 36.9 Å². The Kier molecular flexibility index (Phi) is 10.5. The van der Waals surface area contributed by atoms with Crippen LogP contribution in [0.3, 0.4) is 0 Å². The highest BCUT2D eigenvalue weighted by atomic mass is 19.1. The summed E-state index contributed by atoms with van der Waals surface area (Å²) in [6.07, 6.45) is 3.89. The number of hydrogen-bond acceptors (Lipinski definition) is 10. The summed E-state index contributed by atoms with van der Waals surface area (Å²) in [6.45, 7) is 8.97. The van der Waals surface area contributed by atoms with Crippen LogP contribution >= 0.6 is 0 Å². The van der Waals surface area contributed by atoms with Crippen LogP contribution in [0.25, 0.3) is 21.9 Å². The lowest BCUT2D eigenvalue weighted by atomic mass is 9.91. The molecule has 2 aromatic heterocycles. The van der Waals surface area contributed by atoms with Crippen LogP contribution in [-0.2, 0) is 19.1 Å². The number of carbonyl (C=O) groups excluding carboxylic acids is 2. The predicted molar refractivity (Wildman–Crippen MR) is 158 cm³/mol. The lowest BCUT2D eigenvalue weighted by Crippen LogP contribution is -2.35. The second kappa shape index (κ2) is 14.7. The zero-order valence-electron chi connectivity index (χ0n) is 25.1. The van der Waals surface area contributed by atoms with Gasteiger partial charge in [-0.1, -0.05) is 10.3 Å². The van der Waals surface area contributed by atoms with E-state index in [0.717, 1.165) is 87.1 Å². The molecule has 4 aromatic rings. The molecule has 0 amide bonds. The van der Waals surface area contributed by atoms with E-state index >= 15 is 0 Å². The summed E-state index contributed by atoms with van der Waals surface area (Å²) in [7, 11) is 0. The summed E-state index contributed by atoms with van der Waals surface area (Å²) in [4.78, 5) is 26.1. The largest absolute Gasteiger partial charge is 0.465 e. The predicted octanol–water partition coefficient (Wildman–Crippen LogP) is 5.42. The fourth-order valence-corrected chi connectivity index (χ4v) is 5.95. The van der Waals surface area contributed by atoms with Gasteiger partial charge in [-0.2, -0.15) is 0 Å². The van der Waals surface area contributed by atoms with Crippen molar-refractivity contribution in [2.75, 3.05) is 52.5 Å². The van der Waals surface area contributed by atoms with E-state index in [1.807, 2.05) is 0 Å². The van der Waals surface area contributed by atoms with E-state index < -0.39 is 0 Å². The van der Waals surface area contributed by atoms with E-state index in [0.29, 0.717) is 36.2 Å². The maximum absolute atomic E-state index is 13.2. The minimum atomic E-state index is -0.310. The molecule has 0 aliphatic carbocycles. The first-order valence-electron chi connectivity index (χ1n) is 15.1. The second-order valence-corrected chi connectivity index (χ2v) is 11.3. The highest BCUT2D eigenvalue weighted by Crippen LogP contribution is 2.34. The Balaban J connectivity index is 0.000000175. The van der Waals surface area contributed by atoms with Crippen molar-refractivity contribution in [2.24, 2.45) is 0 Å². The van der Waals surface area contributed by atoms with Crippen LogP contribution in [0, 0.1) is 11.6 Å². The summed E-state index contributed by atoms with van der Waals surface area (Å²) in [6, 6.07) is 9.11. The van der Waals surface area contributed by atoms with E-state index in [9.17, 15) is 18.4 Å². The number of benzene rings is 2. The first-order valence-corrected chi connectivity index (χ1v) is 15.1. The summed E-state index contributed by atoms with van der Waals surface area (Å²) < 4.78 is 46.8. The van der Waals surface area contributed by atoms with Gasteiger partial charge in [0.05, 0.1) is 11.4 Å². The minimum absolute atomic E-state index is 0.240. The lowest BCUT2D eigenvalue weighted by Gasteiger charge is -2.30. The Morgan fingerprint density at radius 3 is 1.48 bits per heavy atom. The molecule has 6 rings (SSSR count). The number of likely N-dealkylation sites (tertiary alicyclic amines) is 2. The third-order valence-electron chi connectivity index (χ3n) is 8.30. The minimum Gasteiger partial charge on any atom is -0.465 e. The molecule has 4 heterocycles. The SMILES string of the molecule is CC(=O)OCCN1CCC(c2noc3cc(F)ccc23)CC1.CC(=O)OCCN1CCC(c2noc3cc(F)ccc23)CC1. The summed E-state index contributed by atoms with van der Waals surface area (Å²) in [5, 5.41) is 10.1. The molecule has 2 aromatic carbocycles. The zero-order chi connectivity index (χ0) is 31.1. The lowest BCUT2D eigenvalue weighted by molar-refractivity contribution is -0.142. The summed E-state index contributed by atoms with van der Waals surface area (Å²) in [5.74, 6) is -0.438. The van der Waals surface area contributed by atoms with Crippen LogP contribution in [-0.4, -0.2) is 84.5 Å². The van der Waals surface area contributed by atoms with Crippen molar-refractivity contribution in [1.82, 2.24) is 20.1 Å². The number of piperidine rings is 2. The second-order valence-electron chi connectivity index (χ2n) is 11.3. The molecule has 0 atom stereocenters. The molecule has 236 valence electrons. The monoisotopic (exact) mass is 612 g/mol. The van der Waals surface area contributed by atoms with Crippen molar-refractivity contribution in [2.45, 2.75) is 51.4 Å². The smallest absolute Gasteiger partial charge is 0.302 e. The molecule has 12 heteroatoms. The fraction of sp³-hybridized carbons (Fsp3) is 0.500. The van der Waals surface area contributed by atoms with Crippen LogP contribution in [0.1, 0.15) is 62.8 Å². The van der Waals surface area contributed by atoms with Crippen LogP contribution < -0.4 is 0 Å². The van der Waals surface area contributed by atoms with Crippen LogP contribution in [0.5, 0.6) is 0 Å². The van der Waals surface area contributed by atoms with Crippen molar-refractivity contribution in [3.8, 4) is 0 Å². The number of hydrogen-bond donors (Lipinski definition) is 0. The van der Waals surface area contributed by atoms with Crippen LogP contribution in [0.4, 0.5) is 8.78 Å². The van der Waals surface area contributed by atoms with Gasteiger partial charge in [0.2, 0.25) is 0 Å². The molecule has 0 spiro atoms. The van der Waals surface area contributed by atoms with Crippen molar-refractivity contribution in [3.05, 3.63) is 59.4 Å². The average Bonchev–Trinajstić information content (AvgIpc) is 3.62. The van der Waals surface area contributed by atoms with Gasteiger partial charge in [0, 0.05) is 61.7 Å². The topological polar surface area (TPSA) is 111 Å². The molecule has 0 radical (unpaired) electrons. The van der Waals surface area contributed by atoms with E-state index in [1.54, 1.807) is 12.1 Å².